The van der Waals surface area contributed by atoms with Gasteiger partial charge >= 0.3 is 10.2 Å². The molecule has 3 rings (SSSR count). The molecule has 22 heavy (non-hydrogen) atoms. The SMILES string of the molecule is CN1CC(Cc2cc(O)c(N3CC(=O)NS3(=O)=O)c(F)c2)C1. The molecule has 2 N–H and O–H groups in total. The van der Waals surface area contributed by atoms with E-state index >= 15 is 0 Å². The van der Waals surface area contributed by atoms with E-state index in [1.165, 1.54) is 12.1 Å². The standard InChI is InChI=1S/C13H16FN3O4S/c1-16-5-9(6-16)2-8-3-10(14)13(11(18)4-8)17-7-12(19)15-22(17,20)21/h3-4,9,18H,2,5-7H2,1H3,(H,15,19). The van der Waals surface area contributed by atoms with Crippen LogP contribution in [0.1, 0.15) is 5.56 Å². The third-order valence-corrected chi connectivity index (χ3v) is 5.21. The Bertz CT molecular complexity index is 708. The number of rotatable bonds is 3. The normalized spacial score (nSPS) is 21.7. The Labute approximate surface area is 127 Å². The Morgan fingerprint density at radius 1 is 1.41 bits per heavy atom. The van der Waals surface area contributed by atoms with Crippen molar-refractivity contribution in [1.82, 2.24) is 9.62 Å². The molecule has 0 bridgehead atoms. The minimum Gasteiger partial charge on any atom is -0.506 e. The third kappa shape index (κ3) is 2.61. The van der Waals surface area contributed by atoms with Gasteiger partial charge in [0.1, 0.15) is 18.0 Å². The molecule has 0 unspecified atom stereocenters. The van der Waals surface area contributed by atoms with Crippen LogP contribution in [0, 0.1) is 11.7 Å². The fourth-order valence-electron chi connectivity index (χ4n) is 2.94. The molecule has 1 aromatic carbocycles. The monoisotopic (exact) mass is 329 g/mol. The second-order valence-electron chi connectivity index (χ2n) is 5.77. The predicted molar refractivity (Wildman–Crippen MR) is 77.2 cm³/mol. The summed E-state index contributed by atoms with van der Waals surface area (Å²) in [4.78, 5) is 13.3. The van der Waals surface area contributed by atoms with E-state index in [9.17, 15) is 22.7 Å². The van der Waals surface area contributed by atoms with E-state index in [0.717, 1.165) is 13.1 Å². The predicted octanol–water partition coefficient (Wildman–Crippen LogP) is -0.184. The fraction of sp³-hybridized carbons (Fsp3) is 0.462. The summed E-state index contributed by atoms with van der Waals surface area (Å²) in [6.07, 6.45) is 0.610. The first-order chi connectivity index (χ1) is 10.3. The van der Waals surface area contributed by atoms with Crippen molar-refractivity contribution in [3.05, 3.63) is 23.5 Å². The molecule has 2 aliphatic rings. The van der Waals surface area contributed by atoms with Gasteiger partial charge in [0.15, 0.2) is 5.82 Å². The number of halogens is 1. The Morgan fingerprint density at radius 3 is 2.59 bits per heavy atom. The summed E-state index contributed by atoms with van der Waals surface area (Å²) in [5.74, 6) is -1.71. The summed E-state index contributed by atoms with van der Waals surface area (Å²) in [7, 11) is -2.16. The maximum atomic E-state index is 14.3. The van der Waals surface area contributed by atoms with E-state index in [1.807, 2.05) is 7.05 Å². The quantitative estimate of drug-likeness (QED) is 0.803. The molecule has 2 fully saturated rings. The largest absolute Gasteiger partial charge is 0.506 e. The number of phenolic OH excluding ortho intramolecular Hbond substituents is 1. The zero-order chi connectivity index (χ0) is 16.1. The van der Waals surface area contributed by atoms with Crippen LogP contribution in [0.3, 0.4) is 0 Å². The maximum Gasteiger partial charge on any atom is 0.326 e. The van der Waals surface area contributed by atoms with Crippen LogP contribution in [0.4, 0.5) is 10.1 Å². The van der Waals surface area contributed by atoms with Crippen molar-refractivity contribution in [2.45, 2.75) is 6.42 Å². The Morgan fingerprint density at radius 2 is 2.09 bits per heavy atom. The van der Waals surface area contributed by atoms with Gasteiger partial charge in [0.2, 0.25) is 0 Å². The van der Waals surface area contributed by atoms with Gasteiger partial charge in [0, 0.05) is 13.1 Å². The van der Waals surface area contributed by atoms with Crippen molar-refractivity contribution in [3.63, 3.8) is 0 Å². The van der Waals surface area contributed by atoms with Crippen LogP contribution in [0.5, 0.6) is 5.75 Å². The second-order valence-corrected chi connectivity index (χ2v) is 7.37. The lowest BCUT2D eigenvalue weighted by atomic mass is 9.92. The first-order valence-electron chi connectivity index (χ1n) is 6.79. The Balaban J connectivity index is 1.88. The maximum absolute atomic E-state index is 14.3. The number of amides is 1. The number of carbonyl (C=O) groups is 1. The third-order valence-electron chi connectivity index (χ3n) is 3.84. The lowest BCUT2D eigenvalue weighted by Crippen LogP contribution is -2.44. The second kappa shape index (κ2) is 5.10. The average Bonchev–Trinajstić information content (AvgIpc) is 2.60. The minimum absolute atomic E-state index is 0.397. The molecular weight excluding hydrogens is 313 g/mol. The van der Waals surface area contributed by atoms with Gasteiger partial charge in [-0.1, -0.05) is 0 Å². The number of likely N-dealkylation sites (tertiary alicyclic amines) is 1. The van der Waals surface area contributed by atoms with Gasteiger partial charge in [0.05, 0.1) is 0 Å². The van der Waals surface area contributed by atoms with Crippen LogP contribution in [-0.4, -0.2) is 51.0 Å². The summed E-state index contributed by atoms with van der Waals surface area (Å²) in [5, 5.41) is 10.0. The van der Waals surface area contributed by atoms with Gasteiger partial charge in [-0.15, -0.1) is 0 Å². The highest BCUT2D eigenvalue weighted by molar-refractivity contribution is 7.92. The van der Waals surface area contributed by atoms with E-state index in [-0.39, 0.29) is 0 Å². The summed E-state index contributed by atoms with van der Waals surface area (Å²) >= 11 is 0. The van der Waals surface area contributed by atoms with Crippen LogP contribution in [0.2, 0.25) is 0 Å². The molecule has 0 saturated carbocycles. The number of phenols is 1. The first kappa shape index (κ1) is 15.0. The van der Waals surface area contributed by atoms with Gasteiger partial charge in [0.25, 0.3) is 5.91 Å². The molecule has 7 nitrogen and oxygen atoms in total. The van der Waals surface area contributed by atoms with E-state index in [4.69, 9.17) is 0 Å². The Kier molecular flexibility index (Phi) is 3.48. The lowest BCUT2D eigenvalue weighted by molar-refractivity contribution is -0.117. The van der Waals surface area contributed by atoms with E-state index in [1.54, 1.807) is 4.72 Å². The highest BCUT2D eigenvalue weighted by atomic mass is 32.2. The summed E-state index contributed by atoms with van der Waals surface area (Å²) in [6.45, 7) is 1.27. The van der Waals surface area contributed by atoms with E-state index < -0.39 is 39.9 Å². The number of anilines is 1. The number of hydrogen-bond acceptors (Lipinski definition) is 5. The fourth-order valence-corrected chi connectivity index (χ4v) is 4.11. The van der Waals surface area contributed by atoms with Crippen LogP contribution in [0.15, 0.2) is 12.1 Å². The number of nitrogens with zero attached hydrogens (tertiary/aromatic N) is 2. The van der Waals surface area contributed by atoms with E-state index in [2.05, 4.69) is 4.90 Å². The van der Waals surface area contributed by atoms with Crippen molar-refractivity contribution in [3.8, 4) is 5.75 Å². The summed E-state index contributed by atoms with van der Waals surface area (Å²) in [6, 6.07) is 2.57. The zero-order valence-electron chi connectivity index (χ0n) is 11.9. The Hall–Kier alpha value is -1.87. The van der Waals surface area contributed by atoms with Gasteiger partial charge in [-0.3, -0.25) is 4.79 Å². The topological polar surface area (TPSA) is 89.9 Å². The van der Waals surface area contributed by atoms with Crippen LogP contribution >= 0.6 is 0 Å². The van der Waals surface area contributed by atoms with E-state index in [0.29, 0.717) is 22.2 Å². The molecule has 1 amide bonds. The van der Waals surface area contributed by atoms with Crippen molar-refractivity contribution < 1.29 is 22.7 Å². The molecule has 120 valence electrons. The molecule has 0 atom stereocenters. The molecule has 0 spiro atoms. The van der Waals surface area contributed by atoms with Gasteiger partial charge in [-0.25, -0.2) is 13.4 Å². The van der Waals surface area contributed by atoms with Gasteiger partial charge in [-0.05, 0) is 37.1 Å². The van der Waals surface area contributed by atoms with Crippen molar-refractivity contribution in [2.75, 3.05) is 31.0 Å². The molecule has 9 heteroatoms. The average molecular weight is 329 g/mol. The zero-order valence-corrected chi connectivity index (χ0v) is 12.7. The van der Waals surface area contributed by atoms with Crippen molar-refractivity contribution in [2.24, 2.45) is 5.92 Å². The van der Waals surface area contributed by atoms with Gasteiger partial charge in [-0.2, -0.15) is 8.42 Å². The molecule has 1 aromatic rings. The number of aromatic hydroxyl groups is 1. The summed E-state index contributed by atoms with van der Waals surface area (Å²) in [5.41, 5.74) is 0.112. The number of benzene rings is 1. The molecular formula is C13H16FN3O4S. The van der Waals surface area contributed by atoms with Gasteiger partial charge < -0.3 is 10.0 Å². The van der Waals surface area contributed by atoms with Crippen molar-refractivity contribution >= 4 is 21.8 Å². The smallest absolute Gasteiger partial charge is 0.326 e. The molecule has 2 aliphatic heterocycles. The molecule has 0 radical (unpaired) electrons. The number of nitrogens with one attached hydrogen (secondary N) is 1. The number of carbonyl (C=O) groups excluding carboxylic acids is 1. The molecule has 2 saturated heterocycles. The molecule has 0 aliphatic carbocycles. The molecule has 2 heterocycles. The number of hydrogen-bond donors (Lipinski definition) is 2. The highest BCUT2D eigenvalue weighted by Crippen LogP contribution is 2.35. The molecule has 0 aromatic heterocycles. The van der Waals surface area contributed by atoms with Crippen LogP contribution in [-0.2, 0) is 21.4 Å². The minimum atomic E-state index is -4.14. The summed E-state index contributed by atoms with van der Waals surface area (Å²) < 4.78 is 40.0. The van der Waals surface area contributed by atoms with Crippen LogP contribution in [0.25, 0.3) is 0 Å². The lowest BCUT2D eigenvalue weighted by Gasteiger charge is -2.36. The van der Waals surface area contributed by atoms with Crippen LogP contribution < -0.4 is 9.03 Å². The highest BCUT2D eigenvalue weighted by Gasteiger charge is 2.37. The first-order valence-corrected chi connectivity index (χ1v) is 8.23. The van der Waals surface area contributed by atoms with Crippen molar-refractivity contribution in [1.29, 1.82) is 0 Å².